The molecule has 3 aromatic rings. The minimum Gasteiger partial charge on any atom is -0.453 e. The van der Waals surface area contributed by atoms with Gasteiger partial charge in [0.1, 0.15) is 5.75 Å². The highest BCUT2D eigenvalue weighted by Gasteiger charge is 2.22. The van der Waals surface area contributed by atoms with E-state index in [1.807, 2.05) is 4.90 Å². The lowest BCUT2D eigenvalue weighted by molar-refractivity contribution is -0.117. The van der Waals surface area contributed by atoms with Crippen LogP contribution < -0.4 is 15.4 Å². The Morgan fingerprint density at radius 2 is 1.94 bits per heavy atom. The molecule has 2 amide bonds. The lowest BCUT2D eigenvalue weighted by Crippen LogP contribution is -2.32. The molecule has 0 saturated carbocycles. The first-order valence-corrected chi connectivity index (χ1v) is 10.9. The number of ether oxygens (including phenoxy) is 1. The molecule has 1 aromatic carbocycles. The molecule has 0 radical (unpaired) electrons. The zero-order valence-corrected chi connectivity index (χ0v) is 19.5. The van der Waals surface area contributed by atoms with E-state index in [4.69, 9.17) is 17.0 Å². The molecule has 7 nitrogen and oxygen atoms in total. The first-order valence-electron chi connectivity index (χ1n) is 9.64. The lowest BCUT2D eigenvalue weighted by atomic mass is 10.3. The van der Waals surface area contributed by atoms with Crippen molar-refractivity contribution in [3.05, 3.63) is 47.2 Å². The molecule has 0 atom stereocenters. The molecular formula is C21H20ClFN4O3S2. The normalized spacial score (nSPS) is 12.9. The highest BCUT2D eigenvalue weighted by molar-refractivity contribution is 7.80. The van der Waals surface area contributed by atoms with Crippen molar-refractivity contribution in [2.45, 2.75) is 19.8 Å². The van der Waals surface area contributed by atoms with Crippen LogP contribution in [-0.4, -0.2) is 39.9 Å². The Labute approximate surface area is 199 Å². The lowest BCUT2D eigenvalue weighted by Gasteiger charge is -2.13. The fourth-order valence-electron chi connectivity index (χ4n) is 3.28. The molecule has 11 heteroatoms. The molecule has 2 aromatic heterocycles. The number of benzene rings is 1. The number of anilines is 1. The molecule has 3 heterocycles. The Kier molecular flexibility index (Phi) is 7.60. The molecule has 168 valence electrons. The molecular weight excluding hydrogens is 475 g/mol. The number of thiocarbonyl (C=S) groups is 1. The minimum absolute atomic E-state index is 0. The summed E-state index contributed by atoms with van der Waals surface area (Å²) in [4.78, 5) is 30.5. The maximum atomic E-state index is 14.6. The van der Waals surface area contributed by atoms with Crippen molar-refractivity contribution in [1.29, 1.82) is 0 Å². The van der Waals surface area contributed by atoms with Crippen LogP contribution in [0.2, 0.25) is 0 Å². The summed E-state index contributed by atoms with van der Waals surface area (Å²) >= 11 is 6.27. The van der Waals surface area contributed by atoms with Gasteiger partial charge in [0.25, 0.3) is 5.91 Å². The second kappa shape index (κ2) is 10.2. The van der Waals surface area contributed by atoms with E-state index >= 15 is 0 Å². The van der Waals surface area contributed by atoms with Crippen molar-refractivity contribution in [2.75, 3.05) is 18.4 Å². The quantitative estimate of drug-likeness (QED) is 0.511. The number of thiophene rings is 1. The summed E-state index contributed by atoms with van der Waals surface area (Å²) in [7, 11) is 0. The average Bonchev–Trinajstić information content (AvgIpc) is 3.39. The summed E-state index contributed by atoms with van der Waals surface area (Å²) in [5.74, 6) is -0.500. The topological polar surface area (TPSA) is 83.6 Å². The van der Waals surface area contributed by atoms with Gasteiger partial charge in [-0.3, -0.25) is 14.6 Å². The number of aromatic nitrogens is 1. The molecule has 4 rings (SSSR count). The number of carbonyl (C=O) groups is 2. The highest BCUT2D eigenvalue weighted by Crippen LogP contribution is 2.36. The first kappa shape index (κ1) is 23.8. The van der Waals surface area contributed by atoms with E-state index in [9.17, 15) is 14.0 Å². The van der Waals surface area contributed by atoms with Gasteiger partial charge in [0.15, 0.2) is 16.7 Å². The van der Waals surface area contributed by atoms with Crippen LogP contribution >= 0.6 is 36.0 Å². The SMILES string of the molecule is CC(=O)NC(=S)Nc1ccc(Oc2ccnc3cc(C(=O)N4CCCC4)sc23)c(F)c1.Cl. The molecule has 0 spiro atoms. The summed E-state index contributed by atoms with van der Waals surface area (Å²) < 4.78 is 21.1. The molecule has 1 fully saturated rings. The number of hydrogen-bond donors (Lipinski definition) is 2. The smallest absolute Gasteiger partial charge is 0.264 e. The van der Waals surface area contributed by atoms with Gasteiger partial charge in [0, 0.05) is 44.0 Å². The van der Waals surface area contributed by atoms with Gasteiger partial charge in [-0.2, -0.15) is 0 Å². The van der Waals surface area contributed by atoms with Crippen LogP contribution in [0.15, 0.2) is 36.5 Å². The van der Waals surface area contributed by atoms with Gasteiger partial charge in [-0.05, 0) is 43.3 Å². The number of carbonyl (C=O) groups excluding carboxylic acids is 2. The van der Waals surface area contributed by atoms with Crippen molar-refractivity contribution in [2.24, 2.45) is 0 Å². The van der Waals surface area contributed by atoms with Crippen LogP contribution in [0.3, 0.4) is 0 Å². The Morgan fingerprint density at radius 1 is 1.19 bits per heavy atom. The molecule has 1 aliphatic heterocycles. The number of nitrogens with one attached hydrogen (secondary N) is 2. The van der Waals surface area contributed by atoms with Crippen molar-refractivity contribution < 1.29 is 18.7 Å². The van der Waals surface area contributed by atoms with Gasteiger partial charge in [0.2, 0.25) is 5.91 Å². The Balaban J connectivity index is 0.00000289. The van der Waals surface area contributed by atoms with E-state index in [-0.39, 0.29) is 35.1 Å². The molecule has 2 N–H and O–H groups in total. The third-order valence-corrected chi connectivity index (χ3v) is 6.01. The third-order valence-electron chi connectivity index (χ3n) is 4.68. The molecule has 1 saturated heterocycles. The Bertz CT molecular complexity index is 1180. The molecule has 1 aliphatic rings. The second-order valence-electron chi connectivity index (χ2n) is 7.02. The summed E-state index contributed by atoms with van der Waals surface area (Å²) in [6, 6.07) is 7.66. The maximum absolute atomic E-state index is 14.6. The van der Waals surface area contributed by atoms with Gasteiger partial charge < -0.3 is 20.3 Å². The third kappa shape index (κ3) is 5.32. The molecule has 0 unspecified atom stereocenters. The predicted molar refractivity (Wildman–Crippen MR) is 129 cm³/mol. The summed E-state index contributed by atoms with van der Waals surface area (Å²) in [5.41, 5.74) is 1.00. The van der Waals surface area contributed by atoms with Gasteiger partial charge in [-0.25, -0.2) is 4.39 Å². The van der Waals surface area contributed by atoms with E-state index in [0.29, 0.717) is 26.5 Å². The number of hydrogen-bond acceptors (Lipinski definition) is 6. The number of halogens is 2. The fourth-order valence-corrected chi connectivity index (χ4v) is 4.57. The van der Waals surface area contributed by atoms with Crippen LogP contribution in [0.4, 0.5) is 10.1 Å². The Morgan fingerprint density at radius 3 is 2.62 bits per heavy atom. The standard InChI is InChI=1S/C21H19FN4O3S2.ClH/c1-12(27)24-21(30)25-13-4-5-16(14(22)10-13)29-17-6-7-23-15-11-18(31-19(15)17)20(28)26-8-2-3-9-26;/h4-7,10-11H,2-3,8-9H2,1H3,(H2,24,25,27,30);1H. The summed E-state index contributed by atoms with van der Waals surface area (Å²) in [5, 5.41) is 5.21. The van der Waals surface area contributed by atoms with Crippen LogP contribution in [0, 0.1) is 5.82 Å². The predicted octanol–water partition coefficient (Wildman–Crippen LogP) is 4.72. The number of rotatable bonds is 4. The summed E-state index contributed by atoms with van der Waals surface area (Å²) in [6.45, 7) is 2.86. The van der Waals surface area contributed by atoms with Gasteiger partial charge >= 0.3 is 0 Å². The molecule has 0 aliphatic carbocycles. The van der Waals surface area contributed by atoms with Crippen LogP contribution in [-0.2, 0) is 4.79 Å². The van der Waals surface area contributed by atoms with Crippen molar-refractivity contribution >= 4 is 68.8 Å². The monoisotopic (exact) mass is 494 g/mol. The van der Waals surface area contributed by atoms with Crippen molar-refractivity contribution in [1.82, 2.24) is 15.2 Å². The van der Waals surface area contributed by atoms with Crippen molar-refractivity contribution in [3.63, 3.8) is 0 Å². The van der Waals surface area contributed by atoms with E-state index in [0.717, 1.165) is 25.9 Å². The van der Waals surface area contributed by atoms with Gasteiger partial charge in [-0.15, -0.1) is 23.7 Å². The number of amides is 2. The minimum atomic E-state index is -0.606. The maximum Gasteiger partial charge on any atom is 0.264 e. The average molecular weight is 495 g/mol. The van der Waals surface area contributed by atoms with Crippen LogP contribution in [0.5, 0.6) is 11.5 Å². The largest absolute Gasteiger partial charge is 0.453 e. The first-order chi connectivity index (χ1) is 14.9. The number of likely N-dealkylation sites (tertiary alicyclic amines) is 1. The van der Waals surface area contributed by atoms with Gasteiger partial charge in [0.05, 0.1) is 15.1 Å². The molecule has 0 bridgehead atoms. The molecule has 32 heavy (non-hydrogen) atoms. The van der Waals surface area contributed by atoms with Crippen LogP contribution in [0.1, 0.15) is 29.4 Å². The van der Waals surface area contributed by atoms with Gasteiger partial charge in [-0.1, -0.05) is 0 Å². The highest BCUT2D eigenvalue weighted by atomic mass is 35.5. The van der Waals surface area contributed by atoms with E-state index in [1.54, 1.807) is 24.4 Å². The zero-order valence-electron chi connectivity index (χ0n) is 17.0. The van der Waals surface area contributed by atoms with E-state index in [1.165, 1.54) is 30.4 Å². The second-order valence-corrected chi connectivity index (χ2v) is 8.48. The number of pyridine rings is 1. The van der Waals surface area contributed by atoms with Crippen molar-refractivity contribution in [3.8, 4) is 11.5 Å². The summed E-state index contributed by atoms with van der Waals surface area (Å²) in [6.07, 6.45) is 3.60. The number of fused-ring (bicyclic) bond motifs is 1. The Hall–Kier alpha value is -2.82. The zero-order chi connectivity index (χ0) is 22.0. The van der Waals surface area contributed by atoms with E-state index in [2.05, 4.69) is 15.6 Å². The van der Waals surface area contributed by atoms with E-state index < -0.39 is 5.82 Å². The van der Waals surface area contributed by atoms with Crippen LogP contribution in [0.25, 0.3) is 10.2 Å². The fraction of sp³-hybridized carbons (Fsp3) is 0.238. The number of nitrogens with zero attached hydrogens (tertiary/aromatic N) is 2.